The minimum Gasteiger partial charge on any atom is -0.457 e. The lowest BCUT2D eigenvalue weighted by Gasteiger charge is -2.35. The SMILES string of the molecule is Cc1ccnc(Nc2cc(N3CCN(C(=O)c4ccc(Oc5ccccc5)cc4)CC3)ncn2)c1. The van der Waals surface area contributed by atoms with Gasteiger partial charge in [0.05, 0.1) is 0 Å². The van der Waals surface area contributed by atoms with Gasteiger partial charge in [-0.05, 0) is 61.0 Å². The number of pyridine rings is 1. The Morgan fingerprint density at radius 1 is 0.829 bits per heavy atom. The Morgan fingerprint density at radius 3 is 2.29 bits per heavy atom. The van der Waals surface area contributed by atoms with E-state index in [9.17, 15) is 4.79 Å². The highest BCUT2D eigenvalue weighted by molar-refractivity contribution is 5.94. The van der Waals surface area contributed by atoms with Crippen molar-refractivity contribution in [3.63, 3.8) is 0 Å². The number of nitrogens with zero attached hydrogens (tertiary/aromatic N) is 5. The average molecular weight is 467 g/mol. The molecule has 8 nitrogen and oxygen atoms in total. The van der Waals surface area contributed by atoms with E-state index in [4.69, 9.17) is 4.74 Å². The van der Waals surface area contributed by atoms with Crippen molar-refractivity contribution >= 4 is 23.4 Å². The minimum absolute atomic E-state index is 0.0199. The van der Waals surface area contributed by atoms with Crippen LogP contribution in [-0.2, 0) is 0 Å². The number of piperazine rings is 1. The molecule has 0 bridgehead atoms. The fourth-order valence-electron chi connectivity index (χ4n) is 3.94. The van der Waals surface area contributed by atoms with Gasteiger partial charge in [0.25, 0.3) is 5.91 Å². The predicted octanol–water partition coefficient (Wildman–Crippen LogP) is 4.68. The predicted molar refractivity (Wildman–Crippen MR) is 135 cm³/mol. The molecule has 2 aromatic carbocycles. The van der Waals surface area contributed by atoms with Crippen molar-refractivity contribution in [2.24, 2.45) is 0 Å². The summed E-state index contributed by atoms with van der Waals surface area (Å²) in [6, 6.07) is 22.7. The van der Waals surface area contributed by atoms with Gasteiger partial charge in [0.2, 0.25) is 0 Å². The highest BCUT2D eigenvalue weighted by Crippen LogP contribution is 2.23. The standard InChI is InChI=1S/C27H26N6O2/c1-20-11-12-28-24(17-20)31-25-18-26(30-19-29-25)32-13-15-33(16-14-32)27(34)21-7-9-23(10-8-21)35-22-5-3-2-4-6-22/h2-12,17-19H,13-16H2,1H3,(H,28,29,30,31). The number of rotatable bonds is 6. The first kappa shape index (κ1) is 22.3. The molecule has 3 heterocycles. The Bertz CT molecular complexity index is 1290. The highest BCUT2D eigenvalue weighted by Gasteiger charge is 2.23. The van der Waals surface area contributed by atoms with Gasteiger partial charge in [-0.1, -0.05) is 18.2 Å². The van der Waals surface area contributed by atoms with Crippen LogP contribution >= 0.6 is 0 Å². The van der Waals surface area contributed by atoms with Crippen LogP contribution in [0.25, 0.3) is 0 Å². The van der Waals surface area contributed by atoms with Gasteiger partial charge < -0.3 is 19.9 Å². The zero-order valence-corrected chi connectivity index (χ0v) is 19.5. The summed E-state index contributed by atoms with van der Waals surface area (Å²) in [6.07, 6.45) is 3.31. The van der Waals surface area contributed by atoms with E-state index in [0.717, 1.165) is 22.9 Å². The molecule has 1 aliphatic heterocycles. The smallest absolute Gasteiger partial charge is 0.253 e. The number of anilines is 3. The maximum Gasteiger partial charge on any atom is 0.253 e. The molecule has 0 unspecified atom stereocenters. The van der Waals surface area contributed by atoms with Crippen molar-refractivity contribution in [2.75, 3.05) is 36.4 Å². The maximum absolute atomic E-state index is 13.0. The molecule has 1 saturated heterocycles. The first-order valence-corrected chi connectivity index (χ1v) is 11.5. The molecule has 4 aromatic rings. The lowest BCUT2D eigenvalue weighted by molar-refractivity contribution is 0.0746. The summed E-state index contributed by atoms with van der Waals surface area (Å²) in [4.78, 5) is 30.1. The Kier molecular flexibility index (Phi) is 6.52. The fourth-order valence-corrected chi connectivity index (χ4v) is 3.94. The summed E-state index contributed by atoms with van der Waals surface area (Å²) in [5.41, 5.74) is 1.77. The number of hydrogen-bond donors (Lipinski definition) is 1. The third-order valence-electron chi connectivity index (χ3n) is 5.80. The van der Waals surface area contributed by atoms with Crippen LogP contribution in [-0.4, -0.2) is 51.9 Å². The van der Waals surface area contributed by atoms with Crippen LogP contribution in [0.3, 0.4) is 0 Å². The highest BCUT2D eigenvalue weighted by atomic mass is 16.5. The van der Waals surface area contributed by atoms with Crippen LogP contribution in [0.2, 0.25) is 0 Å². The largest absolute Gasteiger partial charge is 0.457 e. The Hall–Kier alpha value is -4.46. The van der Waals surface area contributed by atoms with Crippen molar-refractivity contribution in [2.45, 2.75) is 6.92 Å². The van der Waals surface area contributed by atoms with E-state index < -0.39 is 0 Å². The number of aryl methyl sites for hydroxylation is 1. The van der Waals surface area contributed by atoms with Gasteiger partial charge in [0, 0.05) is 44.0 Å². The zero-order chi connectivity index (χ0) is 24.0. The molecule has 0 atom stereocenters. The van der Waals surface area contributed by atoms with E-state index in [1.54, 1.807) is 12.5 Å². The van der Waals surface area contributed by atoms with Gasteiger partial charge in [-0.2, -0.15) is 0 Å². The Labute approximate surface area is 204 Å². The molecule has 35 heavy (non-hydrogen) atoms. The number of carbonyl (C=O) groups is 1. The molecule has 5 rings (SSSR count). The molecule has 0 spiro atoms. The Balaban J connectivity index is 1.18. The van der Waals surface area contributed by atoms with Crippen LogP contribution in [0.15, 0.2) is 85.3 Å². The second-order valence-electron chi connectivity index (χ2n) is 8.32. The van der Waals surface area contributed by atoms with Crippen molar-refractivity contribution in [3.8, 4) is 11.5 Å². The number of amides is 1. The molecular formula is C27H26N6O2. The molecule has 0 aliphatic carbocycles. The lowest BCUT2D eigenvalue weighted by atomic mass is 10.1. The molecule has 2 aromatic heterocycles. The van der Waals surface area contributed by atoms with Crippen molar-refractivity contribution in [1.82, 2.24) is 19.9 Å². The number of para-hydroxylation sites is 1. The number of hydrogen-bond acceptors (Lipinski definition) is 7. The van der Waals surface area contributed by atoms with Crippen LogP contribution in [0.5, 0.6) is 11.5 Å². The summed E-state index contributed by atoms with van der Waals surface area (Å²) in [7, 11) is 0. The zero-order valence-electron chi connectivity index (χ0n) is 19.5. The van der Waals surface area contributed by atoms with Crippen molar-refractivity contribution in [1.29, 1.82) is 0 Å². The van der Waals surface area contributed by atoms with Gasteiger partial charge in [-0.15, -0.1) is 0 Å². The van der Waals surface area contributed by atoms with E-state index in [-0.39, 0.29) is 5.91 Å². The number of aromatic nitrogens is 3. The first-order chi connectivity index (χ1) is 17.1. The van der Waals surface area contributed by atoms with Gasteiger partial charge in [-0.3, -0.25) is 4.79 Å². The maximum atomic E-state index is 13.0. The molecular weight excluding hydrogens is 440 g/mol. The topological polar surface area (TPSA) is 83.5 Å². The number of benzene rings is 2. The molecule has 0 radical (unpaired) electrons. The van der Waals surface area contributed by atoms with Crippen LogP contribution in [0.4, 0.5) is 17.5 Å². The molecule has 8 heteroatoms. The monoisotopic (exact) mass is 466 g/mol. The van der Waals surface area contributed by atoms with Gasteiger partial charge in [-0.25, -0.2) is 15.0 Å². The van der Waals surface area contributed by atoms with Gasteiger partial charge in [0.15, 0.2) is 0 Å². The van der Waals surface area contributed by atoms with Crippen LogP contribution in [0, 0.1) is 6.92 Å². The second kappa shape index (κ2) is 10.2. The number of ether oxygens (including phenoxy) is 1. The first-order valence-electron chi connectivity index (χ1n) is 11.5. The van der Waals surface area contributed by atoms with Gasteiger partial charge in [0.1, 0.15) is 35.3 Å². The van der Waals surface area contributed by atoms with Crippen molar-refractivity contribution < 1.29 is 9.53 Å². The minimum atomic E-state index is 0.0199. The summed E-state index contributed by atoms with van der Waals surface area (Å²) >= 11 is 0. The fraction of sp³-hybridized carbons (Fsp3) is 0.185. The summed E-state index contributed by atoms with van der Waals surface area (Å²) in [5.74, 6) is 3.73. The molecule has 1 amide bonds. The van der Waals surface area contributed by atoms with E-state index in [2.05, 4.69) is 25.2 Å². The van der Waals surface area contributed by atoms with E-state index in [1.165, 1.54) is 0 Å². The van der Waals surface area contributed by atoms with Crippen LogP contribution < -0.4 is 15.0 Å². The van der Waals surface area contributed by atoms with Gasteiger partial charge >= 0.3 is 0 Å². The molecule has 1 N–H and O–H groups in total. The third kappa shape index (κ3) is 5.55. The average Bonchev–Trinajstić information content (AvgIpc) is 2.90. The third-order valence-corrected chi connectivity index (χ3v) is 5.80. The molecule has 1 fully saturated rings. The van der Waals surface area contributed by atoms with Crippen LogP contribution in [0.1, 0.15) is 15.9 Å². The second-order valence-corrected chi connectivity index (χ2v) is 8.32. The quantitative estimate of drug-likeness (QED) is 0.442. The van der Waals surface area contributed by atoms with E-state index in [0.29, 0.717) is 43.3 Å². The summed E-state index contributed by atoms with van der Waals surface area (Å²) in [5, 5.41) is 3.23. The molecule has 176 valence electrons. The van der Waals surface area contributed by atoms with E-state index in [1.807, 2.05) is 84.6 Å². The number of carbonyl (C=O) groups excluding carboxylic acids is 1. The summed E-state index contributed by atoms with van der Waals surface area (Å²) in [6.45, 7) is 4.65. The molecule has 1 aliphatic rings. The lowest BCUT2D eigenvalue weighted by Crippen LogP contribution is -2.49. The summed E-state index contributed by atoms with van der Waals surface area (Å²) < 4.78 is 5.82. The molecule has 0 saturated carbocycles. The van der Waals surface area contributed by atoms with E-state index >= 15 is 0 Å². The van der Waals surface area contributed by atoms with Crippen molar-refractivity contribution in [3.05, 3.63) is 96.4 Å². The normalized spacial score (nSPS) is 13.4. The Morgan fingerprint density at radius 2 is 1.54 bits per heavy atom. The number of nitrogens with one attached hydrogen (secondary N) is 1.